The van der Waals surface area contributed by atoms with Gasteiger partial charge >= 0.3 is 16.2 Å². The number of aromatic carboxylic acids is 1. The van der Waals surface area contributed by atoms with Crippen molar-refractivity contribution in [3.63, 3.8) is 0 Å². The Morgan fingerprint density at radius 1 is 1.21 bits per heavy atom. The average molecular weight is 411 g/mol. The fourth-order valence-electron chi connectivity index (χ4n) is 4.05. The van der Waals surface area contributed by atoms with Gasteiger partial charge in [-0.3, -0.25) is 4.72 Å². The first kappa shape index (κ1) is 20.9. The van der Waals surface area contributed by atoms with Gasteiger partial charge in [-0.25, -0.2) is 4.79 Å². The lowest BCUT2D eigenvalue weighted by Crippen LogP contribution is -2.41. The predicted molar refractivity (Wildman–Crippen MR) is 110 cm³/mol. The second-order valence-electron chi connectivity index (χ2n) is 7.89. The Morgan fingerprint density at radius 2 is 1.93 bits per heavy atom. The molecule has 0 unspecified atom stereocenters. The van der Waals surface area contributed by atoms with Crippen LogP contribution < -0.4 is 9.62 Å². The van der Waals surface area contributed by atoms with Crippen LogP contribution in [-0.2, 0) is 10.2 Å². The molecule has 0 saturated carbocycles. The van der Waals surface area contributed by atoms with Gasteiger partial charge in [0.2, 0.25) is 0 Å². The summed E-state index contributed by atoms with van der Waals surface area (Å²) in [4.78, 5) is 16.5. The summed E-state index contributed by atoms with van der Waals surface area (Å²) in [5.41, 5.74) is 1.03. The topological polar surface area (TPSA) is 93.2 Å². The molecule has 8 nitrogen and oxygen atoms in total. The van der Waals surface area contributed by atoms with Crippen molar-refractivity contribution in [2.45, 2.75) is 25.7 Å². The van der Waals surface area contributed by atoms with Gasteiger partial charge in [0.15, 0.2) is 0 Å². The Kier molecular flexibility index (Phi) is 6.47. The van der Waals surface area contributed by atoms with Crippen molar-refractivity contribution in [1.29, 1.82) is 0 Å². The van der Waals surface area contributed by atoms with Gasteiger partial charge in [-0.2, -0.15) is 12.7 Å². The SMILES string of the molecule is CN(C)S(=O)(=O)Nc1ccc(N2CCC[C@H](CN3CCCC3)C2)c(C(=O)O)c1. The number of piperidine rings is 1. The number of hydrogen-bond acceptors (Lipinski definition) is 5. The number of likely N-dealkylation sites (tertiary alicyclic amines) is 1. The molecule has 1 atom stereocenters. The Hall–Kier alpha value is -1.84. The van der Waals surface area contributed by atoms with Crippen LogP contribution in [0.2, 0.25) is 0 Å². The number of carbonyl (C=O) groups is 1. The maximum Gasteiger partial charge on any atom is 0.337 e. The van der Waals surface area contributed by atoms with Gasteiger partial charge in [0.1, 0.15) is 0 Å². The van der Waals surface area contributed by atoms with Crippen LogP contribution in [0.4, 0.5) is 11.4 Å². The second-order valence-corrected chi connectivity index (χ2v) is 9.77. The summed E-state index contributed by atoms with van der Waals surface area (Å²) in [5, 5.41) is 9.70. The quantitative estimate of drug-likeness (QED) is 0.713. The zero-order valence-electron chi connectivity index (χ0n) is 16.6. The van der Waals surface area contributed by atoms with Crippen molar-refractivity contribution in [2.75, 3.05) is 56.4 Å². The van der Waals surface area contributed by atoms with E-state index in [1.54, 1.807) is 12.1 Å². The van der Waals surface area contributed by atoms with Crippen molar-refractivity contribution >= 4 is 27.6 Å². The van der Waals surface area contributed by atoms with Crippen molar-refractivity contribution < 1.29 is 18.3 Å². The van der Waals surface area contributed by atoms with Crippen LogP contribution in [0.15, 0.2) is 18.2 Å². The molecule has 2 saturated heterocycles. The first-order chi connectivity index (χ1) is 13.3. The number of carboxylic acids is 1. The summed E-state index contributed by atoms with van der Waals surface area (Å²) >= 11 is 0. The smallest absolute Gasteiger partial charge is 0.337 e. The lowest BCUT2D eigenvalue weighted by Gasteiger charge is -2.36. The maximum atomic E-state index is 12.0. The van der Waals surface area contributed by atoms with Crippen molar-refractivity contribution in [1.82, 2.24) is 9.21 Å². The van der Waals surface area contributed by atoms with Gasteiger partial charge in [-0.15, -0.1) is 0 Å². The third-order valence-electron chi connectivity index (χ3n) is 5.53. The van der Waals surface area contributed by atoms with E-state index in [9.17, 15) is 18.3 Å². The standard InChI is InChI=1S/C19H30N4O4S/c1-21(2)28(26,27)20-16-7-8-18(17(12-16)19(24)25)23-11-5-6-15(14-23)13-22-9-3-4-10-22/h7-8,12,15,20H,3-6,9-11,13-14H2,1-2H3,(H,24,25)/t15-/m1/s1. The summed E-state index contributed by atoms with van der Waals surface area (Å²) in [7, 11) is -0.843. The van der Waals surface area contributed by atoms with Gasteiger partial charge in [-0.05, 0) is 62.9 Å². The number of carboxylic acid groups (broad SMARTS) is 1. The molecule has 9 heteroatoms. The molecule has 28 heavy (non-hydrogen) atoms. The normalized spacial score (nSPS) is 21.2. The molecule has 0 amide bonds. The molecule has 0 aliphatic carbocycles. The third-order valence-corrected chi connectivity index (χ3v) is 6.98. The van der Waals surface area contributed by atoms with E-state index in [4.69, 9.17) is 0 Å². The molecule has 0 aromatic heterocycles. The predicted octanol–water partition coefficient (Wildman–Crippen LogP) is 1.92. The molecular formula is C19H30N4O4S. The van der Waals surface area contributed by atoms with Gasteiger partial charge in [0.25, 0.3) is 0 Å². The Bertz CT molecular complexity index is 806. The van der Waals surface area contributed by atoms with Crippen molar-refractivity contribution in [3.8, 4) is 0 Å². The van der Waals surface area contributed by atoms with E-state index in [0.29, 0.717) is 11.6 Å². The molecule has 156 valence electrons. The highest BCUT2D eigenvalue weighted by atomic mass is 32.2. The summed E-state index contributed by atoms with van der Waals surface area (Å²) in [5.74, 6) is -0.525. The Balaban J connectivity index is 1.77. The van der Waals surface area contributed by atoms with Crippen LogP contribution in [0.5, 0.6) is 0 Å². The van der Waals surface area contributed by atoms with E-state index in [-0.39, 0.29) is 11.3 Å². The van der Waals surface area contributed by atoms with E-state index in [1.807, 2.05) is 0 Å². The molecule has 2 aliphatic heterocycles. The first-order valence-electron chi connectivity index (χ1n) is 9.81. The van der Waals surface area contributed by atoms with Crippen LogP contribution >= 0.6 is 0 Å². The molecule has 2 aliphatic rings. The van der Waals surface area contributed by atoms with Crippen LogP contribution in [0, 0.1) is 5.92 Å². The number of nitrogens with zero attached hydrogens (tertiary/aromatic N) is 3. The van der Waals surface area contributed by atoms with Crippen molar-refractivity contribution in [2.24, 2.45) is 5.92 Å². The van der Waals surface area contributed by atoms with E-state index in [2.05, 4.69) is 14.5 Å². The molecule has 3 rings (SSSR count). The van der Waals surface area contributed by atoms with Gasteiger partial charge in [-0.1, -0.05) is 0 Å². The summed E-state index contributed by atoms with van der Waals surface area (Å²) in [6, 6.07) is 4.75. The van der Waals surface area contributed by atoms with Crippen LogP contribution in [0.3, 0.4) is 0 Å². The maximum absolute atomic E-state index is 12.0. The number of nitrogens with one attached hydrogen (secondary N) is 1. The minimum Gasteiger partial charge on any atom is -0.478 e. The zero-order valence-corrected chi connectivity index (χ0v) is 17.4. The molecule has 1 aromatic rings. The lowest BCUT2D eigenvalue weighted by molar-refractivity contribution is 0.0697. The van der Waals surface area contributed by atoms with E-state index < -0.39 is 16.2 Å². The molecule has 2 fully saturated rings. The molecular weight excluding hydrogens is 380 g/mol. The monoisotopic (exact) mass is 410 g/mol. The van der Waals surface area contributed by atoms with E-state index in [1.165, 1.54) is 33.0 Å². The third kappa shape index (κ3) is 4.95. The lowest BCUT2D eigenvalue weighted by atomic mass is 9.96. The summed E-state index contributed by atoms with van der Waals surface area (Å²) < 4.78 is 27.5. The van der Waals surface area contributed by atoms with Crippen molar-refractivity contribution in [3.05, 3.63) is 23.8 Å². The summed E-state index contributed by atoms with van der Waals surface area (Å²) in [6.45, 7) is 5.05. The summed E-state index contributed by atoms with van der Waals surface area (Å²) in [6.07, 6.45) is 4.73. The fourth-order valence-corrected chi connectivity index (χ4v) is 4.66. The largest absolute Gasteiger partial charge is 0.478 e. The number of benzene rings is 1. The van der Waals surface area contributed by atoms with Gasteiger partial charge in [0, 0.05) is 33.7 Å². The van der Waals surface area contributed by atoms with Gasteiger partial charge in [0.05, 0.1) is 16.9 Å². The minimum absolute atomic E-state index is 0.126. The Morgan fingerprint density at radius 3 is 2.57 bits per heavy atom. The number of anilines is 2. The molecule has 0 bridgehead atoms. The average Bonchev–Trinajstić information content (AvgIpc) is 3.14. The highest BCUT2D eigenvalue weighted by Crippen LogP contribution is 2.30. The highest BCUT2D eigenvalue weighted by molar-refractivity contribution is 7.90. The van der Waals surface area contributed by atoms with E-state index >= 15 is 0 Å². The van der Waals surface area contributed by atoms with Crippen LogP contribution in [0.25, 0.3) is 0 Å². The second kappa shape index (κ2) is 8.67. The number of hydrogen-bond donors (Lipinski definition) is 2. The Labute approximate surface area is 167 Å². The van der Waals surface area contributed by atoms with Crippen LogP contribution in [0.1, 0.15) is 36.0 Å². The molecule has 2 N–H and O–H groups in total. The minimum atomic E-state index is -3.68. The van der Waals surface area contributed by atoms with Crippen LogP contribution in [-0.4, -0.2) is 75.5 Å². The van der Waals surface area contributed by atoms with Gasteiger partial charge < -0.3 is 14.9 Å². The van der Waals surface area contributed by atoms with E-state index in [0.717, 1.165) is 49.9 Å². The zero-order chi connectivity index (χ0) is 20.3. The molecule has 0 spiro atoms. The molecule has 2 heterocycles. The number of rotatable bonds is 7. The fraction of sp³-hybridized carbons (Fsp3) is 0.632. The highest BCUT2D eigenvalue weighted by Gasteiger charge is 2.26. The molecule has 0 radical (unpaired) electrons. The first-order valence-corrected chi connectivity index (χ1v) is 11.2. The molecule has 1 aromatic carbocycles.